The molecule has 2 atom stereocenters. The van der Waals surface area contributed by atoms with Crippen LogP contribution in [0.4, 0.5) is 5.69 Å². The number of anilines is 1. The first-order chi connectivity index (χ1) is 12.3. The number of hydrogen-bond donors (Lipinski definition) is 3. The lowest BCUT2D eigenvalue weighted by molar-refractivity contribution is -0.120. The zero-order chi connectivity index (χ0) is 17.1. The molecule has 4 rings (SSSR count). The smallest absolute Gasteiger partial charge is 0.224 e. The van der Waals surface area contributed by atoms with E-state index in [1.165, 1.54) is 44.5 Å². The molecule has 1 amide bonds. The van der Waals surface area contributed by atoms with Crippen LogP contribution in [0.15, 0.2) is 24.3 Å². The van der Waals surface area contributed by atoms with Gasteiger partial charge in [0, 0.05) is 18.3 Å². The topological polar surface area (TPSA) is 53.2 Å². The second kappa shape index (κ2) is 7.77. The van der Waals surface area contributed by atoms with Gasteiger partial charge in [-0.15, -0.1) is 0 Å². The van der Waals surface area contributed by atoms with Crippen molar-refractivity contribution in [2.75, 3.05) is 25.0 Å². The molecule has 1 aliphatic heterocycles. The van der Waals surface area contributed by atoms with Crippen molar-refractivity contribution in [1.82, 2.24) is 10.6 Å². The molecule has 4 nitrogen and oxygen atoms in total. The second-order valence-corrected chi connectivity index (χ2v) is 8.18. The van der Waals surface area contributed by atoms with E-state index in [0.717, 1.165) is 42.7 Å². The fourth-order valence-corrected chi connectivity index (χ4v) is 4.29. The quantitative estimate of drug-likeness (QED) is 0.681. The van der Waals surface area contributed by atoms with Gasteiger partial charge in [-0.25, -0.2) is 0 Å². The first-order valence-corrected chi connectivity index (χ1v) is 10.1. The van der Waals surface area contributed by atoms with Crippen molar-refractivity contribution in [3.05, 3.63) is 29.8 Å². The summed E-state index contributed by atoms with van der Waals surface area (Å²) in [6.07, 6.45) is 8.29. The number of carbonyl (C=O) groups is 1. The molecule has 0 unspecified atom stereocenters. The van der Waals surface area contributed by atoms with Crippen molar-refractivity contribution in [3.63, 3.8) is 0 Å². The molecular formula is C21H31N3O. The normalized spacial score (nSPS) is 26.2. The summed E-state index contributed by atoms with van der Waals surface area (Å²) < 4.78 is 0. The van der Waals surface area contributed by atoms with Crippen LogP contribution in [0.1, 0.15) is 44.1 Å². The van der Waals surface area contributed by atoms with Crippen LogP contribution in [0.2, 0.25) is 0 Å². The van der Waals surface area contributed by atoms with Crippen molar-refractivity contribution >= 4 is 11.6 Å². The zero-order valence-corrected chi connectivity index (χ0v) is 15.1. The predicted octanol–water partition coefficient (Wildman–Crippen LogP) is 2.95. The third-order valence-corrected chi connectivity index (χ3v) is 6.07. The minimum atomic E-state index is 0.154. The number of piperidine rings is 1. The summed E-state index contributed by atoms with van der Waals surface area (Å²) in [6.45, 7) is 3.50. The van der Waals surface area contributed by atoms with Gasteiger partial charge in [0.05, 0.1) is 6.42 Å². The van der Waals surface area contributed by atoms with Crippen LogP contribution < -0.4 is 16.0 Å². The highest BCUT2D eigenvalue weighted by Crippen LogP contribution is 2.49. The van der Waals surface area contributed by atoms with E-state index in [9.17, 15) is 4.79 Å². The van der Waals surface area contributed by atoms with Crippen molar-refractivity contribution < 1.29 is 4.79 Å². The Kier molecular flexibility index (Phi) is 5.25. The first-order valence-electron chi connectivity index (χ1n) is 10.1. The van der Waals surface area contributed by atoms with Crippen LogP contribution >= 0.6 is 0 Å². The largest absolute Gasteiger partial charge is 0.385 e. The SMILES string of the molecule is O=C(Cc1ccc(NCC[C@@H]2C[C@@H]2C2CCNCC2)cc1)NC1CC1. The summed E-state index contributed by atoms with van der Waals surface area (Å²) >= 11 is 0. The highest BCUT2D eigenvalue weighted by Gasteiger charge is 2.42. The Morgan fingerprint density at radius 3 is 2.56 bits per heavy atom. The molecule has 1 heterocycles. The van der Waals surface area contributed by atoms with Gasteiger partial charge >= 0.3 is 0 Å². The lowest BCUT2D eigenvalue weighted by atomic mass is 9.91. The molecule has 25 heavy (non-hydrogen) atoms. The Hall–Kier alpha value is -1.55. The van der Waals surface area contributed by atoms with E-state index in [4.69, 9.17) is 0 Å². The number of benzene rings is 1. The van der Waals surface area contributed by atoms with Crippen LogP contribution in [-0.4, -0.2) is 31.6 Å². The zero-order valence-electron chi connectivity index (χ0n) is 15.1. The van der Waals surface area contributed by atoms with Gasteiger partial charge in [0.25, 0.3) is 0 Å². The summed E-state index contributed by atoms with van der Waals surface area (Å²) in [5.74, 6) is 3.07. The average molecular weight is 341 g/mol. The number of hydrogen-bond acceptors (Lipinski definition) is 3. The molecule has 2 saturated carbocycles. The van der Waals surface area contributed by atoms with E-state index in [0.29, 0.717) is 12.5 Å². The van der Waals surface area contributed by atoms with E-state index in [2.05, 4.69) is 40.2 Å². The van der Waals surface area contributed by atoms with Crippen molar-refractivity contribution in [3.8, 4) is 0 Å². The molecule has 0 bridgehead atoms. The maximum atomic E-state index is 11.8. The Bertz CT molecular complexity index is 575. The summed E-state index contributed by atoms with van der Waals surface area (Å²) in [5.41, 5.74) is 2.27. The van der Waals surface area contributed by atoms with Gasteiger partial charge in [-0.3, -0.25) is 4.79 Å². The van der Waals surface area contributed by atoms with Crippen LogP contribution in [0.25, 0.3) is 0 Å². The van der Waals surface area contributed by atoms with Gasteiger partial charge < -0.3 is 16.0 Å². The van der Waals surface area contributed by atoms with Crippen LogP contribution in [-0.2, 0) is 11.2 Å². The molecule has 0 spiro atoms. The summed E-state index contributed by atoms with van der Waals surface area (Å²) in [4.78, 5) is 11.8. The van der Waals surface area contributed by atoms with Gasteiger partial charge in [0.15, 0.2) is 0 Å². The van der Waals surface area contributed by atoms with Crippen LogP contribution in [0.5, 0.6) is 0 Å². The molecule has 4 heteroatoms. The molecule has 1 aromatic rings. The van der Waals surface area contributed by atoms with Crippen molar-refractivity contribution in [2.45, 2.75) is 51.0 Å². The molecular weight excluding hydrogens is 310 g/mol. The lowest BCUT2D eigenvalue weighted by Crippen LogP contribution is -2.29. The van der Waals surface area contributed by atoms with E-state index < -0.39 is 0 Å². The fraction of sp³-hybridized carbons (Fsp3) is 0.667. The highest BCUT2D eigenvalue weighted by molar-refractivity contribution is 5.79. The van der Waals surface area contributed by atoms with Gasteiger partial charge in [-0.1, -0.05) is 12.1 Å². The Balaban J connectivity index is 1.14. The van der Waals surface area contributed by atoms with Crippen molar-refractivity contribution in [2.24, 2.45) is 17.8 Å². The number of rotatable bonds is 8. The molecule has 1 saturated heterocycles. The third kappa shape index (κ3) is 4.97. The molecule has 1 aromatic carbocycles. The standard InChI is InChI=1S/C21H31N3O/c25-21(24-19-5-6-19)13-15-1-3-18(4-2-15)23-12-9-17-14-20(17)16-7-10-22-11-8-16/h1-4,16-17,19-20,22-23H,5-14H2,(H,24,25)/t17-,20-/m1/s1. The molecule has 3 aliphatic rings. The summed E-state index contributed by atoms with van der Waals surface area (Å²) in [5, 5.41) is 10.1. The first kappa shape index (κ1) is 16.9. The molecule has 0 aromatic heterocycles. The second-order valence-electron chi connectivity index (χ2n) is 8.18. The monoisotopic (exact) mass is 341 g/mol. The van der Waals surface area contributed by atoms with Crippen LogP contribution in [0.3, 0.4) is 0 Å². The molecule has 0 radical (unpaired) electrons. The maximum absolute atomic E-state index is 11.8. The predicted molar refractivity (Wildman–Crippen MR) is 102 cm³/mol. The Morgan fingerprint density at radius 1 is 1.08 bits per heavy atom. The molecule has 3 N–H and O–H groups in total. The van der Waals surface area contributed by atoms with Gasteiger partial charge in [0.1, 0.15) is 0 Å². The minimum Gasteiger partial charge on any atom is -0.385 e. The summed E-state index contributed by atoms with van der Waals surface area (Å²) in [7, 11) is 0. The number of amides is 1. The summed E-state index contributed by atoms with van der Waals surface area (Å²) in [6, 6.07) is 8.81. The lowest BCUT2D eigenvalue weighted by Gasteiger charge is -2.22. The molecule has 136 valence electrons. The number of nitrogens with one attached hydrogen (secondary N) is 3. The third-order valence-electron chi connectivity index (χ3n) is 6.07. The van der Waals surface area contributed by atoms with Crippen LogP contribution in [0, 0.1) is 17.8 Å². The van der Waals surface area contributed by atoms with Gasteiger partial charge in [-0.2, -0.15) is 0 Å². The van der Waals surface area contributed by atoms with E-state index in [1.54, 1.807) is 0 Å². The van der Waals surface area contributed by atoms with Crippen molar-refractivity contribution in [1.29, 1.82) is 0 Å². The maximum Gasteiger partial charge on any atom is 0.224 e. The average Bonchev–Trinajstić information content (AvgIpc) is 3.54. The minimum absolute atomic E-state index is 0.154. The Morgan fingerprint density at radius 2 is 1.84 bits per heavy atom. The van der Waals surface area contributed by atoms with Gasteiger partial charge in [-0.05, 0) is 87.1 Å². The number of carbonyl (C=O) groups excluding carboxylic acids is 1. The molecule has 2 aliphatic carbocycles. The molecule has 3 fully saturated rings. The van der Waals surface area contributed by atoms with E-state index in [-0.39, 0.29) is 5.91 Å². The van der Waals surface area contributed by atoms with E-state index in [1.807, 2.05) is 0 Å². The highest BCUT2D eigenvalue weighted by atomic mass is 16.1. The van der Waals surface area contributed by atoms with Gasteiger partial charge in [0.2, 0.25) is 5.91 Å². The van der Waals surface area contributed by atoms with E-state index >= 15 is 0 Å². The fourth-order valence-electron chi connectivity index (χ4n) is 4.29. The Labute approximate surface area is 151 Å².